The highest BCUT2D eigenvalue weighted by molar-refractivity contribution is 5.96. The summed E-state index contributed by atoms with van der Waals surface area (Å²) in [6, 6.07) is 14.9. The van der Waals surface area contributed by atoms with Crippen LogP contribution in [0.2, 0.25) is 0 Å². The van der Waals surface area contributed by atoms with Gasteiger partial charge in [-0.1, -0.05) is 30.3 Å². The highest BCUT2D eigenvalue weighted by atomic mass is 19.1. The molecule has 1 N–H and O–H groups in total. The average molecular weight is 326 g/mol. The molecule has 0 radical (unpaired) electrons. The van der Waals surface area contributed by atoms with Crippen molar-refractivity contribution in [2.24, 2.45) is 0 Å². The summed E-state index contributed by atoms with van der Waals surface area (Å²) in [5.41, 5.74) is 3.40. The smallest absolute Gasteiger partial charge is 0.228 e. The highest BCUT2D eigenvalue weighted by Gasteiger charge is 2.29. The lowest BCUT2D eigenvalue weighted by molar-refractivity contribution is -0.118. The summed E-state index contributed by atoms with van der Waals surface area (Å²) in [6.45, 7) is 3.54. The first-order valence-electron chi connectivity index (χ1n) is 8.50. The number of halogens is 1. The van der Waals surface area contributed by atoms with Crippen molar-refractivity contribution in [1.82, 2.24) is 5.32 Å². The normalized spacial score (nSPS) is 16.2. The maximum Gasteiger partial charge on any atom is 0.228 e. The van der Waals surface area contributed by atoms with Crippen LogP contribution in [0.25, 0.3) is 0 Å². The number of fused-ring (bicyclic) bond motifs is 1. The lowest BCUT2D eigenvalue weighted by Crippen LogP contribution is -2.37. The van der Waals surface area contributed by atoms with Crippen molar-refractivity contribution in [1.29, 1.82) is 0 Å². The lowest BCUT2D eigenvalue weighted by Gasteiger charge is -2.22. The topological polar surface area (TPSA) is 32.3 Å². The van der Waals surface area contributed by atoms with Crippen molar-refractivity contribution >= 4 is 11.6 Å². The van der Waals surface area contributed by atoms with Gasteiger partial charge in [-0.15, -0.1) is 0 Å². The lowest BCUT2D eigenvalue weighted by atomic mass is 10.1. The van der Waals surface area contributed by atoms with Crippen molar-refractivity contribution in [3.63, 3.8) is 0 Å². The van der Waals surface area contributed by atoms with Crippen LogP contribution in [-0.2, 0) is 17.6 Å². The van der Waals surface area contributed by atoms with Gasteiger partial charge in [0.15, 0.2) is 0 Å². The predicted molar refractivity (Wildman–Crippen MR) is 94.7 cm³/mol. The molecule has 24 heavy (non-hydrogen) atoms. The van der Waals surface area contributed by atoms with Crippen LogP contribution in [-0.4, -0.2) is 25.0 Å². The van der Waals surface area contributed by atoms with E-state index in [1.165, 1.54) is 17.7 Å². The Bertz CT molecular complexity index is 699. The minimum atomic E-state index is -0.211. The van der Waals surface area contributed by atoms with E-state index in [1.807, 2.05) is 23.1 Å². The van der Waals surface area contributed by atoms with E-state index in [9.17, 15) is 9.18 Å². The third-order valence-corrected chi connectivity index (χ3v) is 4.50. The molecule has 1 atom stereocenters. The molecule has 1 amide bonds. The Morgan fingerprint density at radius 2 is 1.92 bits per heavy atom. The van der Waals surface area contributed by atoms with Gasteiger partial charge in [0.05, 0.1) is 0 Å². The molecule has 0 saturated heterocycles. The quantitative estimate of drug-likeness (QED) is 0.826. The number of hydrogen-bond acceptors (Lipinski definition) is 2. The molecule has 2 aromatic carbocycles. The van der Waals surface area contributed by atoms with E-state index in [-0.39, 0.29) is 17.8 Å². The number of carbonyl (C=O) groups is 1. The number of nitrogens with one attached hydrogen (secondary N) is 1. The summed E-state index contributed by atoms with van der Waals surface area (Å²) in [6.07, 6.45) is 2.25. The molecule has 0 bridgehead atoms. The Morgan fingerprint density at radius 3 is 2.71 bits per heavy atom. The second-order valence-corrected chi connectivity index (χ2v) is 6.32. The van der Waals surface area contributed by atoms with Gasteiger partial charge in [-0.3, -0.25) is 4.79 Å². The maximum absolute atomic E-state index is 12.8. The van der Waals surface area contributed by atoms with Gasteiger partial charge in [0.2, 0.25) is 5.91 Å². The largest absolute Gasteiger partial charge is 0.316 e. The summed E-state index contributed by atoms with van der Waals surface area (Å²) < 4.78 is 12.8. The molecule has 1 aliphatic rings. The van der Waals surface area contributed by atoms with Gasteiger partial charge in [-0.05, 0) is 55.6 Å². The van der Waals surface area contributed by atoms with Gasteiger partial charge < -0.3 is 10.2 Å². The van der Waals surface area contributed by atoms with Crippen LogP contribution in [0.1, 0.15) is 24.5 Å². The second-order valence-electron chi connectivity index (χ2n) is 6.32. The Labute approximate surface area is 142 Å². The number of amides is 1. The summed E-state index contributed by atoms with van der Waals surface area (Å²) in [4.78, 5) is 14.5. The third kappa shape index (κ3) is 3.82. The number of benzene rings is 2. The molecule has 3 nitrogen and oxygen atoms in total. The Balaban J connectivity index is 1.44. The summed E-state index contributed by atoms with van der Waals surface area (Å²) in [5.74, 6) is -0.0425. The molecular formula is C20H23FN2O. The SMILES string of the molecule is CC1Cc2ccccc2N1C(=O)CCNCCc1ccc(F)cc1. The molecule has 126 valence electrons. The Kier molecular flexibility index (Phi) is 5.26. The molecule has 0 fully saturated rings. The van der Waals surface area contributed by atoms with Crippen molar-refractivity contribution < 1.29 is 9.18 Å². The molecule has 1 aliphatic heterocycles. The van der Waals surface area contributed by atoms with E-state index in [0.717, 1.165) is 30.6 Å². The molecule has 1 unspecified atom stereocenters. The van der Waals surface area contributed by atoms with Crippen LogP contribution in [0.5, 0.6) is 0 Å². The van der Waals surface area contributed by atoms with Crippen molar-refractivity contribution in [3.05, 3.63) is 65.5 Å². The average Bonchev–Trinajstić information content (AvgIpc) is 2.92. The Morgan fingerprint density at radius 1 is 1.17 bits per heavy atom. The number of nitrogens with zero attached hydrogens (tertiary/aromatic N) is 1. The van der Waals surface area contributed by atoms with Crippen molar-refractivity contribution in [2.45, 2.75) is 32.2 Å². The molecule has 0 spiro atoms. The molecule has 0 saturated carbocycles. The van der Waals surface area contributed by atoms with E-state index in [0.29, 0.717) is 13.0 Å². The van der Waals surface area contributed by atoms with Gasteiger partial charge >= 0.3 is 0 Å². The van der Waals surface area contributed by atoms with Gasteiger partial charge in [0.25, 0.3) is 0 Å². The summed E-state index contributed by atoms with van der Waals surface area (Å²) in [7, 11) is 0. The fourth-order valence-electron chi connectivity index (χ4n) is 3.27. The van der Waals surface area contributed by atoms with E-state index in [2.05, 4.69) is 18.3 Å². The molecule has 3 rings (SSSR count). The molecule has 2 aromatic rings. The third-order valence-electron chi connectivity index (χ3n) is 4.50. The van der Waals surface area contributed by atoms with Crippen LogP contribution >= 0.6 is 0 Å². The van der Waals surface area contributed by atoms with Crippen molar-refractivity contribution in [2.75, 3.05) is 18.0 Å². The second kappa shape index (κ2) is 7.58. The van der Waals surface area contributed by atoms with Crippen LogP contribution in [0.3, 0.4) is 0 Å². The first-order valence-corrected chi connectivity index (χ1v) is 8.50. The van der Waals surface area contributed by atoms with Crippen molar-refractivity contribution in [3.8, 4) is 0 Å². The predicted octanol–water partition coefficient (Wildman–Crippen LogP) is 3.33. The van der Waals surface area contributed by atoms with Crippen LogP contribution in [0, 0.1) is 5.82 Å². The molecular weight excluding hydrogens is 303 g/mol. The summed E-state index contributed by atoms with van der Waals surface area (Å²) >= 11 is 0. The standard InChI is InChI=1S/C20H23FN2O/c1-15-14-17-4-2-3-5-19(17)23(15)20(24)11-13-22-12-10-16-6-8-18(21)9-7-16/h2-9,15,22H,10-14H2,1H3. The summed E-state index contributed by atoms with van der Waals surface area (Å²) in [5, 5.41) is 3.30. The van der Waals surface area contributed by atoms with Gasteiger partial charge in [0.1, 0.15) is 5.82 Å². The number of hydrogen-bond donors (Lipinski definition) is 1. The van der Waals surface area contributed by atoms with E-state index in [1.54, 1.807) is 12.1 Å². The van der Waals surface area contributed by atoms with Crippen LogP contribution in [0.4, 0.5) is 10.1 Å². The minimum absolute atomic E-state index is 0.168. The molecule has 0 aliphatic carbocycles. The molecule has 0 aromatic heterocycles. The first-order chi connectivity index (χ1) is 11.6. The van der Waals surface area contributed by atoms with Gasteiger partial charge in [-0.2, -0.15) is 0 Å². The monoisotopic (exact) mass is 326 g/mol. The highest BCUT2D eigenvalue weighted by Crippen LogP contribution is 2.32. The van der Waals surface area contributed by atoms with E-state index in [4.69, 9.17) is 0 Å². The number of rotatable bonds is 6. The van der Waals surface area contributed by atoms with Crippen LogP contribution in [0.15, 0.2) is 48.5 Å². The van der Waals surface area contributed by atoms with Gasteiger partial charge in [-0.25, -0.2) is 4.39 Å². The Hall–Kier alpha value is -2.20. The van der Waals surface area contributed by atoms with Gasteiger partial charge in [0, 0.05) is 24.7 Å². The minimum Gasteiger partial charge on any atom is -0.316 e. The first kappa shape index (κ1) is 16.7. The molecule has 4 heteroatoms. The number of carbonyl (C=O) groups excluding carboxylic acids is 1. The van der Waals surface area contributed by atoms with E-state index >= 15 is 0 Å². The number of anilines is 1. The number of para-hydroxylation sites is 1. The fourth-order valence-corrected chi connectivity index (χ4v) is 3.27. The zero-order chi connectivity index (χ0) is 16.9. The zero-order valence-electron chi connectivity index (χ0n) is 14.0. The molecule has 1 heterocycles. The van der Waals surface area contributed by atoms with Crippen LogP contribution < -0.4 is 10.2 Å². The zero-order valence-corrected chi connectivity index (χ0v) is 14.0. The van der Waals surface area contributed by atoms with E-state index < -0.39 is 0 Å². The maximum atomic E-state index is 12.8. The fraction of sp³-hybridized carbons (Fsp3) is 0.350.